The van der Waals surface area contributed by atoms with Gasteiger partial charge in [0.25, 0.3) is 0 Å². The molecule has 6 rings (SSSR count). The first kappa shape index (κ1) is 22.1. The van der Waals surface area contributed by atoms with E-state index in [-0.39, 0.29) is 23.4 Å². The number of halogens is 1. The van der Waals surface area contributed by atoms with Crippen molar-refractivity contribution in [3.8, 4) is 33.6 Å². The average Bonchev–Trinajstić information content (AvgIpc) is 3.38. The van der Waals surface area contributed by atoms with Crippen LogP contribution in [-0.2, 0) is 5.54 Å². The van der Waals surface area contributed by atoms with E-state index in [4.69, 9.17) is 10.2 Å². The molecule has 1 saturated carbocycles. The van der Waals surface area contributed by atoms with Gasteiger partial charge in [-0.1, -0.05) is 66.7 Å². The molecule has 0 bridgehead atoms. The van der Waals surface area contributed by atoms with E-state index in [9.17, 15) is 4.79 Å². The summed E-state index contributed by atoms with van der Waals surface area (Å²) in [5, 5.41) is 7.44. The van der Waals surface area contributed by atoms with Crippen LogP contribution in [0.3, 0.4) is 0 Å². The van der Waals surface area contributed by atoms with Crippen LogP contribution in [0.1, 0.15) is 24.8 Å². The number of nitrogens with one attached hydrogen (secondary N) is 1. The number of fused-ring (bicyclic) bond motifs is 1. The Kier molecular flexibility index (Phi) is 5.60. The van der Waals surface area contributed by atoms with Gasteiger partial charge in [-0.25, -0.2) is 0 Å². The Morgan fingerprint density at radius 3 is 2.29 bits per heavy atom. The molecule has 2 heterocycles. The van der Waals surface area contributed by atoms with Crippen molar-refractivity contribution in [3.05, 3.63) is 101 Å². The maximum absolute atomic E-state index is 13.9. The second kappa shape index (κ2) is 8.60. The maximum Gasteiger partial charge on any atom is 0.201 e. The predicted molar refractivity (Wildman–Crippen MR) is 138 cm³/mol. The Hall–Kier alpha value is -3.67. The number of para-hydroxylation sites is 1. The van der Waals surface area contributed by atoms with Gasteiger partial charge in [-0.2, -0.15) is 5.10 Å². The molecule has 0 atom stereocenters. The minimum absolute atomic E-state index is 0. The molecule has 3 N–H and O–H groups in total. The molecule has 3 aromatic carbocycles. The predicted octanol–water partition coefficient (Wildman–Crippen LogP) is 6.28. The molecular formula is C28H24ClN3O2. The minimum atomic E-state index is -0.242. The van der Waals surface area contributed by atoms with Gasteiger partial charge >= 0.3 is 0 Å². The Balaban J connectivity index is 0.00000241. The van der Waals surface area contributed by atoms with Gasteiger partial charge in [-0.15, -0.1) is 12.4 Å². The summed E-state index contributed by atoms with van der Waals surface area (Å²) >= 11 is 0. The maximum atomic E-state index is 13.9. The number of rotatable bonds is 4. The van der Waals surface area contributed by atoms with Crippen molar-refractivity contribution < 1.29 is 4.42 Å². The van der Waals surface area contributed by atoms with Crippen LogP contribution >= 0.6 is 12.4 Å². The highest BCUT2D eigenvalue weighted by Crippen LogP contribution is 2.40. The van der Waals surface area contributed by atoms with Crippen LogP contribution in [0, 0.1) is 0 Å². The van der Waals surface area contributed by atoms with Crippen LogP contribution in [0.2, 0.25) is 0 Å². The lowest BCUT2D eigenvalue weighted by Gasteiger charge is -2.38. The van der Waals surface area contributed by atoms with Crippen LogP contribution < -0.4 is 11.2 Å². The molecule has 5 aromatic rings. The molecule has 0 unspecified atom stereocenters. The smallest absolute Gasteiger partial charge is 0.201 e. The summed E-state index contributed by atoms with van der Waals surface area (Å²) < 4.78 is 6.53. The zero-order chi connectivity index (χ0) is 22.4. The van der Waals surface area contributed by atoms with E-state index in [0.29, 0.717) is 22.3 Å². The second-order valence-corrected chi connectivity index (χ2v) is 8.76. The Bertz CT molecular complexity index is 1500. The number of hydrogen-bond donors (Lipinski definition) is 2. The number of benzene rings is 3. The third-order valence-corrected chi connectivity index (χ3v) is 6.76. The lowest BCUT2D eigenvalue weighted by molar-refractivity contribution is 0.253. The summed E-state index contributed by atoms with van der Waals surface area (Å²) in [7, 11) is 0. The van der Waals surface area contributed by atoms with Crippen molar-refractivity contribution in [1.29, 1.82) is 0 Å². The van der Waals surface area contributed by atoms with Gasteiger partial charge in [0.15, 0.2) is 0 Å². The van der Waals surface area contributed by atoms with Crippen LogP contribution in [0.4, 0.5) is 0 Å². The standard InChI is InChI=1S/C28H23N3O2.ClH/c29-28(14-5-15-28)21-12-10-18(11-13-21)24-25(32)23-9-4-8-22(20-16-30-31-17-20)27(23)33-26(24)19-6-2-1-3-7-19;/h1-4,6-13,16-17H,5,14-15,29H2,(H,30,31);1H. The molecule has 0 radical (unpaired) electrons. The summed E-state index contributed by atoms with van der Waals surface area (Å²) in [5.41, 5.74) is 11.8. The van der Waals surface area contributed by atoms with Crippen molar-refractivity contribution in [2.45, 2.75) is 24.8 Å². The summed E-state index contributed by atoms with van der Waals surface area (Å²) in [5.74, 6) is 0.558. The molecule has 0 amide bonds. The summed E-state index contributed by atoms with van der Waals surface area (Å²) in [6.07, 6.45) is 6.68. The normalized spacial score (nSPS) is 14.4. The first-order valence-corrected chi connectivity index (χ1v) is 11.2. The van der Waals surface area contributed by atoms with Crippen molar-refractivity contribution in [2.24, 2.45) is 5.73 Å². The number of hydrogen-bond acceptors (Lipinski definition) is 4. The van der Waals surface area contributed by atoms with Gasteiger partial charge in [0.05, 0.1) is 17.1 Å². The number of nitrogens with two attached hydrogens (primary N) is 1. The lowest BCUT2D eigenvalue weighted by Crippen LogP contribution is -2.43. The van der Waals surface area contributed by atoms with Gasteiger partial charge < -0.3 is 10.2 Å². The summed E-state index contributed by atoms with van der Waals surface area (Å²) in [6.45, 7) is 0. The first-order valence-electron chi connectivity index (χ1n) is 11.2. The van der Waals surface area contributed by atoms with E-state index in [1.165, 1.54) is 0 Å². The van der Waals surface area contributed by atoms with Gasteiger partial charge in [-0.3, -0.25) is 9.89 Å². The molecular weight excluding hydrogens is 446 g/mol. The fourth-order valence-corrected chi connectivity index (χ4v) is 4.71. The molecule has 170 valence electrons. The van der Waals surface area contributed by atoms with Crippen LogP contribution in [-0.4, -0.2) is 10.2 Å². The number of aromatic amines is 1. The van der Waals surface area contributed by atoms with Crippen LogP contribution in [0.5, 0.6) is 0 Å². The minimum Gasteiger partial charge on any atom is -0.454 e. The van der Waals surface area contributed by atoms with Gasteiger partial charge in [0.1, 0.15) is 11.3 Å². The Morgan fingerprint density at radius 1 is 0.882 bits per heavy atom. The van der Waals surface area contributed by atoms with E-state index in [1.807, 2.05) is 60.7 Å². The highest BCUT2D eigenvalue weighted by atomic mass is 35.5. The third-order valence-electron chi connectivity index (χ3n) is 6.76. The third kappa shape index (κ3) is 3.54. The number of aromatic nitrogens is 2. The highest BCUT2D eigenvalue weighted by molar-refractivity contribution is 5.96. The highest BCUT2D eigenvalue weighted by Gasteiger charge is 2.34. The fraction of sp³-hybridized carbons (Fsp3) is 0.143. The number of H-pyrrole nitrogens is 1. The van der Waals surface area contributed by atoms with Crippen LogP contribution in [0.25, 0.3) is 44.5 Å². The van der Waals surface area contributed by atoms with Crippen molar-refractivity contribution in [2.75, 3.05) is 0 Å². The molecule has 0 spiro atoms. The van der Waals surface area contributed by atoms with E-state index < -0.39 is 0 Å². The summed E-state index contributed by atoms with van der Waals surface area (Å²) in [4.78, 5) is 13.9. The average molecular weight is 470 g/mol. The lowest BCUT2D eigenvalue weighted by atomic mass is 9.72. The zero-order valence-corrected chi connectivity index (χ0v) is 19.3. The van der Waals surface area contributed by atoms with E-state index in [2.05, 4.69) is 22.3 Å². The molecule has 0 saturated heterocycles. The van der Waals surface area contributed by atoms with Crippen LogP contribution in [0.15, 0.2) is 94.4 Å². The molecule has 5 nitrogen and oxygen atoms in total. The van der Waals surface area contributed by atoms with Gasteiger partial charge in [0.2, 0.25) is 5.43 Å². The SMILES string of the molecule is Cl.NC1(c2ccc(-c3c(-c4ccccc4)oc4c(-c5cn[nH]c5)cccc4c3=O)cc2)CCC1. The van der Waals surface area contributed by atoms with Gasteiger partial charge in [-0.05, 0) is 36.5 Å². The molecule has 2 aromatic heterocycles. The second-order valence-electron chi connectivity index (χ2n) is 8.76. The van der Waals surface area contributed by atoms with E-state index in [0.717, 1.165) is 47.1 Å². The molecule has 0 aliphatic heterocycles. The largest absolute Gasteiger partial charge is 0.454 e. The molecule has 1 aliphatic rings. The molecule has 34 heavy (non-hydrogen) atoms. The van der Waals surface area contributed by atoms with E-state index >= 15 is 0 Å². The van der Waals surface area contributed by atoms with Crippen molar-refractivity contribution in [1.82, 2.24) is 10.2 Å². The number of nitrogens with zero attached hydrogens (tertiary/aromatic N) is 1. The van der Waals surface area contributed by atoms with Crippen molar-refractivity contribution in [3.63, 3.8) is 0 Å². The Morgan fingerprint density at radius 2 is 1.65 bits per heavy atom. The molecule has 1 aliphatic carbocycles. The zero-order valence-electron chi connectivity index (χ0n) is 18.5. The summed E-state index contributed by atoms with van der Waals surface area (Å²) in [6, 6.07) is 23.5. The van der Waals surface area contributed by atoms with Gasteiger partial charge in [0, 0.05) is 28.4 Å². The molecule has 1 fully saturated rings. The Labute approximate surface area is 203 Å². The quantitative estimate of drug-likeness (QED) is 0.324. The first-order chi connectivity index (χ1) is 16.1. The fourth-order valence-electron chi connectivity index (χ4n) is 4.71. The van der Waals surface area contributed by atoms with Crippen molar-refractivity contribution >= 4 is 23.4 Å². The molecule has 6 heteroatoms. The van der Waals surface area contributed by atoms with E-state index in [1.54, 1.807) is 12.4 Å². The monoisotopic (exact) mass is 469 g/mol. The topological polar surface area (TPSA) is 84.9 Å².